The first-order chi connectivity index (χ1) is 9.47. The van der Waals surface area contributed by atoms with Crippen LogP contribution in [0, 0.1) is 26.7 Å². The lowest BCUT2D eigenvalue weighted by Gasteiger charge is -2.08. The molecule has 1 N–H and O–H groups in total. The minimum absolute atomic E-state index is 0.525. The highest BCUT2D eigenvalue weighted by Gasteiger charge is 2.13. The topological polar surface area (TPSA) is 68.8 Å². The number of aromatic nitrogens is 4. The molecule has 2 heterocycles. The Morgan fingerprint density at radius 1 is 1.20 bits per heavy atom. The second kappa shape index (κ2) is 6.17. The maximum atomic E-state index is 5.41. The molecule has 6 heteroatoms. The van der Waals surface area contributed by atoms with E-state index in [-0.39, 0.29) is 0 Å². The fourth-order valence-corrected chi connectivity index (χ4v) is 2.16. The molecule has 0 unspecified atom stereocenters. The minimum Gasteiger partial charge on any atom is -0.424 e. The largest absolute Gasteiger partial charge is 0.424 e. The zero-order valence-electron chi connectivity index (χ0n) is 12.9. The Labute approximate surface area is 119 Å². The Morgan fingerprint density at radius 3 is 2.55 bits per heavy atom. The number of rotatable bonds is 6. The number of nitrogens with zero attached hydrogens (tertiary/aromatic N) is 4. The van der Waals surface area contributed by atoms with Crippen molar-refractivity contribution in [2.75, 3.05) is 6.54 Å². The third-order valence-corrected chi connectivity index (χ3v) is 3.24. The maximum Gasteiger partial charge on any atom is 0.237 e. The van der Waals surface area contributed by atoms with Gasteiger partial charge in [-0.3, -0.25) is 4.68 Å². The van der Waals surface area contributed by atoms with E-state index in [1.807, 2.05) is 11.6 Å². The predicted molar refractivity (Wildman–Crippen MR) is 76.4 cm³/mol. The molecule has 20 heavy (non-hydrogen) atoms. The summed E-state index contributed by atoms with van der Waals surface area (Å²) in [5, 5.41) is 15.9. The van der Waals surface area contributed by atoms with Gasteiger partial charge in [-0.25, -0.2) is 0 Å². The molecule has 2 rings (SSSR count). The van der Waals surface area contributed by atoms with E-state index in [0.29, 0.717) is 24.2 Å². The van der Waals surface area contributed by atoms with E-state index >= 15 is 0 Å². The van der Waals surface area contributed by atoms with Gasteiger partial charge in [0.05, 0.1) is 5.69 Å². The van der Waals surface area contributed by atoms with Crippen molar-refractivity contribution in [2.24, 2.45) is 5.92 Å². The van der Waals surface area contributed by atoms with Crippen LogP contribution in [-0.2, 0) is 13.1 Å². The lowest BCUT2D eigenvalue weighted by molar-refractivity contribution is 0.441. The van der Waals surface area contributed by atoms with E-state index in [1.165, 1.54) is 5.56 Å². The van der Waals surface area contributed by atoms with E-state index in [2.05, 4.69) is 41.4 Å². The van der Waals surface area contributed by atoms with Gasteiger partial charge in [0, 0.05) is 24.7 Å². The van der Waals surface area contributed by atoms with Crippen LogP contribution in [0.5, 0.6) is 0 Å². The Hall–Kier alpha value is -1.69. The van der Waals surface area contributed by atoms with Crippen LogP contribution in [0.2, 0.25) is 0 Å². The van der Waals surface area contributed by atoms with E-state index in [4.69, 9.17) is 4.42 Å². The molecule has 0 aliphatic heterocycles. The molecule has 0 atom stereocenters. The molecule has 2 aromatic heterocycles. The summed E-state index contributed by atoms with van der Waals surface area (Å²) in [4.78, 5) is 0. The zero-order chi connectivity index (χ0) is 14.7. The molecule has 0 amide bonds. The Bertz CT molecular complexity index is 570. The number of aryl methyl sites for hydroxylation is 2. The molecule has 0 saturated carbocycles. The average molecular weight is 277 g/mol. The molecule has 0 saturated heterocycles. The molecular formula is C14H23N5O. The maximum absolute atomic E-state index is 5.41. The van der Waals surface area contributed by atoms with E-state index in [1.54, 1.807) is 6.92 Å². The van der Waals surface area contributed by atoms with Crippen LogP contribution in [-0.4, -0.2) is 26.5 Å². The summed E-state index contributed by atoms with van der Waals surface area (Å²) in [5.41, 5.74) is 3.45. The Balaban J connectivity index is 2.08. The van der Waals surface area contributed by atoms with Crippen LogP contribution in [0.25, 0.3) is 0 Å². The average Bonchev–Trinajstić information content (AvgIpc) is 2.88. The molecule has 0 spiro atoms. The highest BCUT2D eigenvalue weighted by molar-refractivity contribution is 5.24. The molecule has 0 aromatic carbocycles. The summed E-state index contributed by atoms with van der Waals surface area (Å²) in [5.74, 6) is 1.82. The zero-order valence-corrected chi connectivity index (χ0v) is 12.9. The van der Waals surface area contributed by atoms with Gasteiger partial charge in [-0.05, 0) is 26.3 Å². The van der Waals surface area contributed by atoms with Crippen LogP contribution < -0.4 is 5.32 Å². The molecule has 110 valence electrons. The van der Waals surface area contributed by atoms with Gasteiger partial charge in [0.15, 0.2) is 0 Å². The summed E-state index contributed by atoms with van der Waals surface area (Å²) >= 11 is 0. The first-order valence-corrected chi connectivity index (χ1v) is 7.00. The van der Waals surface area contributed by atoms with Crippen LogP contribution in [0.1, 0.15) is 42.6 Å². The fourth-order valence-electron chi connectivity index (χ4n) is 2.16. The standard InChI is InChI=1S/C14H23N5O/c1-9(2)6-15-7-13-10(3)18-19(11(13)4)8-14-17-16-12(5)20-14/h9,15H,6-8H2,1-5H3. The lowest BCUT2D eigenvalue weighted by Crippen LogP contribution is -2.19. The van der Waals surface area contributed by atoms with E-state index in [0.717, 1.165) is 24.5 Å². The van der Waals surface area contributed by atoms with Gasteiger partial charge in [-0.1, -0.05) is 13.8 Å². The molecule has 0 fully saturated rings. The quantitative estimate of drug-likeness (QED) is 0.874. The Morgan fingerprint density at radius 2 is 1.95 bits per heavy atom. The van der Waals surface area contributed by atoms with Crippen LogP contribution in [0.15, 0.2) is 4.42 Å². The van der Waals surface area contributed by atoms with Gasteiger partial charge in [0.25, 0.3) is 0 Å². The smallest absolute Gasteiger partial charge is 0.237 e. The highest BCUT2D eigenvalue weighted by Crippen LogP contribution is 2.14. The molecule has 0 aliphatic rings. The van der Waals surface area contributed by atoms with Crippen LogP contribution in [0.4, 0.5) is 0 Å². The number of nitrogens with one attached hydrogen (secondary N) is 1. The van der Waals surface area contributed by atoms with Gasteiger partial charge in [-0.2, -0.15) is 5.10 Å². The van der Waals surface area contributed by atoms with Crippen molar-refractivity contribution < 1.29 is 4.42 Å². The summed E-state index contributed by atoms with van der Waals surface area (Å²) in [7, 11) is 0. The molecule has 6 nitrogen and oxygen atoms in total. The summed E-state index contributed by atoms with van der Waals surface area (Å²) < 4.78 is 7.33. The summed E-state index contributed by atoms with van der Waals surface area (Å²) in [6.45, 7) is 12.7. The first-order valence-electron chi connectivity index (χ1n) is 7.00. The minimum atomic E-state index is 0.525. The van der Waals surface area contributed by atoms with Crippen molar-refractivity contribution in [3.8, 4) is 0 Å². The number of hydrogen-bond donors (Lipinski definition) is 1. The van der Waals surface area contributed by atoms with Crippen molar-refractivity contribution in [2.45, 2.75) is 47.7 Å². The molecular weight excluding hydrogens is 254 g/mol. The van der Waals surface area contributed by atoms with E-state index in [9.17, 15) is 0 Å². The van der Waals surface area contributed by atoms with Gasteiger partial charge in [0.1, 0.15) is 6.54 Å². The molecule has 2 aromatic rings. The van der Waals surface area contributed by atoms with Crippen molar-refractivity contribution in [1.29, 1.82) is 0 Å². The highest BCUT2D eigenvalue weighted by atomic mass is 16.4. The van der Waals surface area contributed by atoms with E-state index < -0.39 is 0 Å². The second-order valence-corrected chi connectivity index (χ2v) is 5.55. The third-order valence-electron chi connectivity index (χ3n) is 3.24. The molecule has 0 aliphatic carbocycles. The normalized spacial score (nSPS) is 11.5. The van der Waals surface area contributed by atoms with Gasteiger partial charge in [-0.15, -0.1) is 10.2 Å². The SMILES string of the molecule is Cc1nnc(Cn2nc(C)c(CNCC(C)C)c2C)o1. The predicted octanol–water partition coefficient (Wildman–Crippen LogP) is 1.99. The third kappa shape index (κ3) is 3.45. The van der Waals surface area contributed by atoms with Gasteiger partial charge >= 0.3 is 0 Å². The van der Waals surface area contributed by atoms with Crippen LogP contribution in [0.3, 0.4) is 0 Å². The van der Waals surface area contributed by atoms with Crippen molar-refractivity contribution in [1.82, 2.24) is 25.3 Å². The van der Waals surface area contributed by atoms with Crippen molar-refractivity contribution in [3.63, 3.8) is 0 Å². The van der Waals surface area contributed by atoms with Gasteiger partial charge in [0.2, 0.25) is 11.8 Å². The first kappa shape index (κ1) is 14.7. The van der Waals surface area contributed by atoms with Crippen molar-refractivity contribution in [3.05, 3.63) is 28.7 Å². The summed E-state index contributed by atoms with van der Waals surface area (Å²) in [6.07, 6.45) is 0. The second-order valence-electron chi connectivity index (χ2n) is 5.55. The number of hydrogen-bond acceptors (Lipinski definition) is 5. The van der Waals surface area contributed by atoms with Crippen LogP contribution >= 0.6 is 0 Å². The van der Waals surface area contributed by atoms with Crippen molar-refractivity contribution >= 4 is 0 Å². The van der Waals surface area contributed by atoms with Gasteiger partial charge < -0.3 is 9.73 Å². The molecule has 0 radical (unpaired) electrons. The lowest BCUT2D eigenvalue weighted by atomic mass is 10.2. The summed E-state index contributed by atoms with van der Waals surface area (Å²) in [6, 6.07) is 0. The Kier molecular flexibility index (Phi) is 4.54. The molecule has 0 bridgehead atoms. The fraction of sp³-hybridized carbons (Fsp3) is 0.643. The monoisotopic (exact) mass is 277 g/mol.